The van der Waals surface area contributed by atoms with Gasteiger partial charge in [0.2, 0.25) is 26.0 Å². The SMILES string of the molecule is CN(C)S(=O)(=O)c1ccc(=O)n(CC(=O)N2CCN(S(=O)(=O)c3ccc(F)cc3)CC2)c1. The van der Waals surface area contributed by atoms with Gasteiger partial charge in [-0.15, -0.1) is 0 Å². The monoisotopic (exact) mass is 486 g/mol. The fourth-order valence-electron chi connectivity index (χ4n) is 3.18. The summed E-state index contributed by atoms with van der Waals surface area (Å²) in [6.45, 7) is -0.0987. The Bertz CT molecular complexity index is 1270. The summed E-state index contributed by atoms with van der Waals surface area (Å²) >= 11 is 0. The second kappa shape index (κ2) is 9.10. The minimum atomic E-state index is -3.82. The van der Waals surface area contributed by atoms with E-state index in [-0.39, 0.29) is 42.5 Å². The van der Waals surface area contributed by atoms with Gasteiger partial charge in [-0.2, -0.15) is 4.31 Å². The normalized spacial score (nSPS) is 15.8. The molecule has 1 aromatic carbocycles. The van der Waals surface area contributed by atoms with E-state index in [9.17, 15) is 30.8 Å². The van der Waals surface area contributed by atoms with Gasteiger partial charge in [-0.25, -0.2) is 25.5 Å². The van der Waals surface area contributed by atoms with E-state index in [1.165, 1.54) is 41.5 Å². The molecule has 0 aliphatic carbocycles. The predicted molar refractivity (Wildman–Crippen MR) is 113 cm³/mol. The van der Waals surface area contributed by atoms with Crippen LogP contribution in [-0.4, -0.2) is 81.1 Å². The molecule has 0 bridgehead atoms. The quantitative estimate of drug-likeness (QED) is 0.557. The average molecular weight is 487 g/mol. The summed E-state index contributed by atoms with van der Waals surface area (Å²) in [4.78, 5) is 26.1. The van der Waals surface area contributed by atoms with Crippen molar-refractivity contribution in [2.75, 3.05) is 40.3 Å². The molecular weight excluding hydrogens is 463 g/mol. The van der Waals surface area contributed by atoms with Gasteiger partial charge in [0, 0.05) is 52.5 Å². The first-order chi connectivity index (χ1) is 14.9. The molecule has 1 amide bonds. The second-order valence-electron chi connectivity index (χ2n) is 7.36. The van der Waals surface area contributed by atoms with Gasteiger partial charge in [-0.1, -0.05) is 0 Å². The lowest BCUT2D eigenvalue weighted by Gasteiger charge is -2.34. The first-order valence-electron chi connectivity index (χ1n) is 9.59. The first-order valence-corrected chi connectivity index (χ1v) is 12.5. The third-order valence-corrected chi connectivity index (χ3v) is 8.79. The zero-order valence-electron chi connectivity index (χ0n) is 17.5. The van der Waals surface area contributed by atoms with Crippen LogP contribution in [0.5, 0.6) is 0 Å². The Labute approximate surface area is 185 Å². The van der Waals surface area contributed by atoms with E-state index in [0.29, 0.717) is 0 Å². The van der Waals surface area contributed by atoms with Gasteiger partial charge in [-0.05, 0) is 30.3 Å². The standard InChI is InChI=1S/C19H23FN4O6S2/c1-21(2)31(27,28)17-7-8-18(25)23(13-17)14-19(26)22-9-11-24(12-10-22)32(29,30)16-5-3-15(20)4-6-16/h3-8,13H,9-12,14H2,1-2H3. The number of hydrogen-bond donors (Lipinski definition) is 0. The summed E-state index contributed by atoms with van der Waals surface area (Å²) in [5.74, 6) is -0.984. The van der Waals surface area contributed by atoms with Crippen molar-refractivity contribution in [1.82, 2.24) is 18.1 Å². The Morgan fingerprint density at radius 1 is 0.938 bits per heavy atom. The molecule has 0 atom stereocenters. The molecule has 0 radical (unpaired) electrons. The van der Waals surface area contributed by atoms with Crippen LogP contribution in [0.15, 0.2) is 57.2 Å². The summed E-state index contributed by atoms with van der Waals surface area (Å²) in [6.07, 6.45) is 1.12. The van der Waals surface area contributed by atoms with Crippen molar-refractivity contribution in [2.45, 2.75) is 16.3 Å². The molecular formula is C19H23FN4O6S2. The molecule has 3 rings (SSSR count). The first kappa shape index (κ1) is 24.0. The summed E-state index contributed by atoms with van der Waals surface area (Å²) in [5, 5.41) is 0. The number of sulfonamides is 2. The van der Waals surface area contributed by atoms with Crippen LogP contribution >= 0.6 is 0 Å². The Balaban J connectivity index is 1.69. The van der Waals surface area contributed by atoms with Crippen LogP contribution in [0.1, 0.15) is 0 Å². The highest BCUT2D eigenvalue weighted by Crippen LogP contribution is 2.18. The molecule has 10 nitrogen and oxygen atoms in total. The Hall–Kier alpha value is -2.61. The van der Waals surface area contributed by atoms with Crippen molar-refractivity contribution in [1.29, 1.82) is 0 Å². The summed E-state index contributed by atoms with van der Waals surface area (Å²) in [6, 6.07) is 6.76. The fraction of sp³-hybridized carbons (Fsp3) is 0.368. The van der Waals surface area contributed by atoms with Gasteiger partial charge in [0.1, 0.15) is 12.4 Å². The van der Waals surface area contributed by atoms with E-state index in [2.05, 4.69) is 0 Å². The molecule has 2 aromatic rings. The van der Waals surface area contributed by atoms with Crippen molar-refractivity contribution < 1.29 is 26.0 Å². The number of aromatic nitrogens is 1. The van der Waals surface area contributed by atoms with Crippen molar-refractivity contribution >= 4 is 26.0 Å². The number of amides is 1. The van der Waals surface area contributed by atoms with Crippen LogP contribution in [0.25, 0.3) is 0 Å². The van der Waals surface area contributed by atoms with E-state index in [1.54, 1.807) is 0 Å². The predicted octanol–water partition coefficient (Wildman–Crippen LogP) is -0.229. The van der Waals surface area contributed by atoms with E-state index in [4.69, 9.17) is 0 Å². The molecule has 32 heavy (non-hydrogen) atoms. The lowest BCUT2D eigenvalue weighted by Crippen LogP contribution is -2.51. The third-order valence-electron chi connectivity index (χ3n) is 5.08. The molecule has 1 aliphatic rings. The molecule has 1 fully saturated rings. The smallest absolute Gasteiger partial charge is 0.251 e. The van der Waals surface area contributed by atoms with E-state index in [1.807, 2.05) is 0 Å². The highest BCUT2D eigenvalue weighted by Gasteiger charge is 2.30. The van der Waals surface area contributed by atoms with Gasteiger partial charge < -0.3 is 9.47 Å². The molecule has 1 aliphatic heterocycles. The van der Waals surface area contributed by atoms with Gasteiger partial charge in [0.15, 0.2) is 0 Å². The summed E-state index contributed by atoms with van der Waals surface area (Å²) in [5.41, 5.74) is -0.534. The van der Waals surface area contributed by atoms with Crippen molar-refractivity contribution in [2.24, 2.45) is 0 Å². The van der Waals surface area contributed by atoms with Gasteiger partial charge >= 0.3 is 0 Å². The Kier molecular flexibility index (Phi) is 6.83. The van der Waals surface area contributed by atoms with Crippen LogP contribution in [0, 0.1) is 5.82 Å². The highest BCUT2D eigenvalue weighted by atomic mass is 32.2. The molecule has 0 spiro atoms. The number of pyridine rings is 1. The lowest BCUT2D eigenvalue weighted by molar-refractivity contribution is -0.133. The Morgan fingerprint density at radius 3 is 2.06 bits per heavy atom. The molecule has 1 saturated heterocycles. The molecule has 0 N–H and O–H groups in total. The maximum Gasteiger partial charge on any atom is 0.251 e. The summed E-state index contributed by atoms with van der Waals surface area (Å²) in [7, 11) is -4.89. The second-order valence-corrected chi connectivity index (χ2v) is 11.4. The Morgan fingerprint density at radius 2 is 1.50 bits per heavy atom. The maximum absolute atomic E-state index is 13.1. The van der Waals surface area contributed by atoms with Crippen molar-refractivity contribution in [3.63, 3.8) is 0 Å². The van der Waals surface area contributed by atoms with Crippen molar-refractivity contribution in [3.8, 4) is 0 Å². The molecule has 0 unspecified atom stereocenters. The minimum Gasteiger partial charge on any atom is -0.339 e. The number of benzene rings is 1. The highest BCUT2D eigenvalue weighted by molar-refractivity contribution is 7.89. The van der Waals surface area contributed by atoms with Crippen LogP contribution in [0.3, 0.4) is 0 Å². The van der Waals surface area contributed by atoms with Crippen LogP contribution in [-0.2, 0) is 31.4 Å². The fourth-order valence-corrected chi connectivity index (χ4v) is 5.52. The number of halogens is 1. The summed E-state index contributed by atoms with van der Waals surface area (Å²) < 4.78 is 66.2. The average Bonchev–Trinajstić information content (AvgIpc) is 2.75. The van der Waals surface area contributed by atoms with Crippen molar-refractivity contribution in [3.05, 3.63) is 58.8 Å². The van der Waals surface area contributed by atoms with Crippen LogP contribution in [0.2, 0.25) is 0 Å². The third kappa shape index (κ3) is 4.90. The molecule has 1 aromatic heterocycles. The van der Waals surface area contributed by atoms with E-state index >= 15 is 0 Å². The molecule has 2 heterocycles. The van der Waals surface area contributed by atoms with Gasteiger partial charge in [0.05, 0.1) is 9.79 Å². The number of carbonyl (C=O) groups is 1. The van der Waals surface area contributed by atoms with E-state index in [0.717, 1.165) is 33.3 Å². The van der Waals surface area contributed by atoms with E-state index < -0.39 is 37.3 Å². The topological polar surface area (TPSA) is 117 Å². The largest absolute Gasteiger partial charge is 0.339 e. The minimum absolute atomic E-state index is 0.0371. The number of piperazine rings is 1. The lowest BCUT2D eigenvalue weighted by atomic mass is 10.3. The number of hydrogen-bond acceptors (Lipinski definition) is 6. The molecule has 174 valence electrons. The number of carbonyl (C=O) groups excluding carboxylic acids is 1. The zero-order chi connectivity index (χ0) is 23.7. The van der Waals surface area contributed by atoms with Crippen LogP contribution < -0.4 is 5.56 Å². The zero-order valence-corrected chi connectivity index (χ0v) is 19.1. The molecule has 13 heteroatoms. The molecule has 0 saturated carbocycles. The van der Waals surface area contributed by atoms with Gasteiger partial charge in [0.25, 0.3) is 5.56 Å². The van der Waals surface area contributed by atoms with Crippen LogP contribution in [0.4, 0.5) is 4.39 Å². The number of nitrogens with zero attached hydrogens (tertiary/aromatic N) is 4. The maximum atomic E-state index is 13.1. The number of rotatable bonds is 6. The van der Waals surface area contributed by atoms with Gasteiger partial charge in [-0.3, -0.25) is 9.59 Å².